The molecule has 0 heterocycles. The Morgan fingerprint density at radius 2 is 2.23 bits per heavy atom. The Morgan fingerprint density at radius 1 is 1.45 bits per heavy atom. The number of nitrogens with zero attached hydrogens (tertiary/aromatic N) is 1. The zero-order chi connectivity index (χ0) is 16.2. The van der Waals surface area contributed by atoms with Crippen LogP contribution in [0.5, 0.6) is 5.75 Å². The molecule has 1 aromatic rings. The van der Waals surface area contributed by atoms with Crippen LogP contribution < -0.4 is 10.2 Å². The lowest BCUT2D eigenvalue weighted by atomic mass is 9.72. The van der Waals surface area contributed by atoms with Crippen molar-refractivity contribution in [2.24, 2.45) is 16.4 Å². The highest BCUT2D eigenvalue weighted by molar-refractivity contribution is 5.87. The normalized spacial score (nSPS) is 22.4. The predicted molar refractivity (Wildman–Crippen MR) is 89.0 cm³/mol. The van der Waals surface area contributed by atoms with Crippen LogP contribution in [-0.2, 0) is 4.79 Å². The second-order valence-corrected chi connectivity index (χ2v) is 7.17. The maximum absolute atomic E-state index is 11.8. The van der Waals surface area contributed by atoms with Crippen molar-refractivity contribution >= 4 is 11.6 Å². The molecule has 1 atom stereocenters. The number of benzene rings is 1. The van der Waals surface area contributed by atoms with Gasteiger partial charge in [-0.3, -0.25) is 4.79 Å². The van der Waals surface area contributed by atoms with Crippen LogP contribution in [0.3, 0.4) is 0 Å². The van der Waals surface area contributed by atoms with Gasteiger partial charge in [0.05, 0.1) is 0 Å². The van der Waals surface area contributed by atoms with E-state index in [9.17, 15) is 4.79 Å². The smallest absolute Gasteiger partial charge is 0.277 e. The molecule has 4 nitrogen and oxygen atoms in total. The molecule has 0 saturated heterocycles. The molecule has 120 valence electrons. The molecule has 1 amide bonds. The third kappa shape index (κ3) is 5.17. The molecule has 1 N–H and O–H groups in total. The Bertz CT molecular complexity index is 564. The second-order valence-electron chi connectivity index (χ2n) is 7.17. The topological polar surface area (TPSA) is 50.7 Å². The lowest BCUT2D eigenvalue weighted by Crippen LogP contribution is -2.31. The van der Waals surface area contributed by atoms with Gasteiger partial charge in [-0.05, 0) is 55.2 Å². The SMILES string of the molecule is Cc1cccc(OCC(=O)N/N=C2\CC(C)CC(C)(C)C2)c1. The Morgan fingerprint density at radius 3 is 2.91 bits per heavy atom. The summed E-state index contributed by atoms with van der Waals surface area (Å²) in [6, 6.07) is 7.65. The summed E-state index contributed by atoms with van der Waals surface area (Å²) in [5.74, 6) is 1.10. The van der Waals surface area contributed by atoms with Crippen LogP contribution in [0.25, 0.3) is 0 Å². The average molecular weight is 302 g/mol. The van der Waals surface area contributed by atoms with Crippen molar-refractivity contribution in [3.05, 3.63) is 29.8 Å². The summed E-state index contributed by atoms with van der Waals surface area (Å²) in [6.45, 7) is 8.71. The van der Waals surface area contributed by atoms with E-state index in [0.717, 1.165) is 24.1 Å². The maximum Gasteiger partial charge on any atom is 0.277 e. The maximum atomic E-state index is 11.8. The largest absolute Gasteiger partial charge is 0.484 e. The first kappa shape index (κ1) is 16.5. The molecule has 4 heteroatoms. The van der Waals surface area contributed by atoms with Crippen LogP contribution in [0.4, 0.5) is 0 Å². The van der Waals surface area contributed by atoms with Crippen LogP contribution in [0.2, 0.25) is 0 Å². The predicted octanol–water partition coefficient (Wildman–Crippen LogP) is 3.69. The monoisotopic (exact) mass is 302 g/mol. The van der Waals surface area contributed by atoms with Gasteiger partial charge < -0.3 is 4.74 Å². The molecule has 0 aromatic heterocycles. The summed E-state index contributed by atoms with van der Waals surface area (Å²) in [5, 5.41) is 4.30. The fourth-order valence-corrected chi connectivity index (χ4v) is 3.23. The van der Waals surface area contributed by atoms with Crippen LogP contribution >= 0.6 is 0 Å². The summed E-state index contributed by atoms with van der Waals surface area (Å²) >= 11 is 0. The van der Waals surface area contributed by atoms with Crippen molar-refractivity contribution < 1.29 is 9.53 Å². The first-order valence-corrected chi connectivity index (χ1v) is 7.88. The number of amides is 1. The van der Waals surface area contributed by atoms with Gasteiger partial charge in [0.2, 0.25) is 0 Å². The molecule has 1 aromatic carbocycles. The molecule has 1 fully saturated rings. The number of carbonyl (C=O) groups excluding carboxylic acids is 1. The van der Waals surface area contributed by atoms with Gasteiger partial charge in [0, 0.05) is 5.71 Å². The molecule has 1 unspecified atom stereocenters. The molecule has 1 aliphatic carbocycles. The van der Waals surface area contributed by atoms with Crippen molar-refractivity contribution in [1.29, 1.82) is 0 Å². The summed E-state index contributed by atoms with van der Waals surface area (Å²) in [7, 11) is 0. The van der Waals surface area contributed by atoms with Gasteiger partial charge in [0.25, 0.3) is 5.91 Å². The highest BCUT2D eigenvalue weighted by Gasteiger charge is 2.29. The number of hydrogen-bond donors (Lipinski definition) is 1. The van der Waals surface area contributed by atoms with Crippen LogP contribution in [-0.4, -0.2) is 18.2 Å². The van der Waals surface area contributed by atoms with Gasteiger partial charge in [-0.2, -0.15) is 5.10 Å². The Labute approximate surface area is 132 Å². The summed E-state index contributed by atoms with van der Waals surface area (Å²) in [5.41, 5.74) is 5.07. The number of hydrogen-bond acceptors (Lipinski definition) is 3. The number of ether oxygens (including phenoxy) is 1. The van der Waals surface area contributed by atoms with Gasteiger partial charge in [-0.25, -0.2) is 5.43 Å². The van der Waals surface area contributed by atoms with Gasteiger partial charge >= 0.3 is 0 Å². The van der Waals surface area contributed by atoms with Gasteiger partial charge in [-0.15, -0.1) is 0 Å². The molecular formula is C18H26N2O2. The van der Waals surface area contributed by atoms with Crippen LogP contribution in [0.1, 0.15) is 45.6 Å². The van der Waals surface area contributed by atoms with Crippen molar-refractivity contribution in [3.8, 4) is 5.75 Å². The fourth-order valence-electron chi connectivity index (χ4n) is 3.23. The molecule has 2 rings (SSSR count). The third-order valence-electron chi connectivity index (χ3n) is 3.87. The lowest BCUT2D eigenvalue weighted by molar-refractivity contribution is -0.123. The molecular weight excluding hydrogens is 276 g/mol. The molecule has 0 spiro atoms. The van der Waals surface area contributed by atoms with Gasteiger partial charge in [-0.1, -0.05) is 32.9 Å². The molecule has 1 aliphatic rings. The molecule has 0 radical (unpaired) electrons. The highest BCUT2D eigenvalue weighted by atomic mass is 16.5. The number of rotatable bonds is 4. The van der Waals surface area contributed by atoms with E-state index in [4.69, 9.17) is 4.74 Å². The number of aryl methyl sites for hydroxylation is 1. The second kappa shape index (κ2) is 6.95. The first-order chi connectivity index (χ1) is 10.3. The van der Waals surface area contributed by atoms with E-state index < -0.39 is 0 Å². The first-order valence-electron chi connectivity index (χ1n) is 7.88. The van der Waals surface area contributed by atoms with E-state index in [1.165, 1.54) is 6.42 Å². The zero-order valence-electron chi connectivity index (χ0n) is 14.0. The Kier molecular flexibility index (Phi) is 5.22. The van der Waals surface area contributed by atoms with E-state index in [0.29, 0.717) is 11.7 Å². The molecule has 1 saturated carbocycles. The summed E-state index contributed by atoms with van der Waals surface area (Å²) in [6.07, 6.45) is 3.11. The number of nitrogens with one attached hydrogen (secondary N) is 1. The van der Waals surface area contributed by atoms with Gasteiger partial charge in [0.1, 0.15) is 5.75 Å². The minimum absolute atomic E-state index is 0.0147. The van der Waals surface area contributed by atoms with Crippen molar-refractivity contribution in [1.82, 2.24) is 5.43 Å². The van der Waals surface area contributed by atoms with E-state index in [-0.39, 0.29) is 17.9 Å². The zero-order valence-corrected chi connectivity index (χ0v) is 14.0. The standard InChI is InChI=1S/C18H26N2O2/c1-13-6-5-7-16(9-13)22-12-17(21)20-19-15-8-14(2)10-18(3,4)11-15/h5-7,9,14H,8,10-12H2,1-4H3,(H,20,21)/b19-15+. The average Bonchev–Trinajstić information content (AvgIpc) is 2.41. The fraction of sp³-hybridized carbons (Fsp3) is 0.556. The highest BCUT2D eigenvalue weighted by Crippen LogP contribution is 2.36. The van der Waals surface area contributed by atoms with E-state index in [1.54, 1.807) is 0 Å². The van der Waals surface area contributed by atoms with Crippen LogP contribution in [0.15, 0.2) is 29.4 Å². The summed E-state index contributed by atoms with van der Waals surface area (Å²) < 4.78 is 5.47. The summed E-state index contributed by atoms with van der Waals surface area (Å²) in [4.78, 5) is 11.8. The number of carbonyl (C=O) groups is 1. The van der Waals surface area contributed by atoms with Crippen LogP contribution in [0, 0.1) is 18.3 Å². The van der Waals surface area contributed by atoms with Crippen molar-refractivity contribution in [2.75, 3.05) is 6.61 Å². The molecule has 22 heavy (non-hydrogen) atoms. The van der Waals surface area contributed by atoms with E-state index in [2.05, 4.69) is 31.3 Å². The van der Waals surface area contributed by atoms with Crippen molar-refractivity contribution in [3.63, 3.8) is 0 Å². The number of hydrazone groups is 1. The third-order valence-corrected chi connectivity index (χ3v) is 3.87. The lowest BCUT2D eigenvalue weighted by Gasteiger charge is -2.34. The quantitative estimate of drug-likeness (QED) is 0.862. The van der Waals surface area contributed by atoms with Crippen molar-refractivity contribution in [2.45, 2.75) is 47.0 Å². The Balaban J connectivity index is 1.83. The Hall–Kier alpha value is -1.84. The minimum Gasteiger partial charge on any atom is -0.484 e. The van der Waals surface area contributed by atoms with Gasteiger partial charge in [0.15, 0.2) is 6.61 Å². The molecule has 0 aliphatic heterocycles. The van der Waals surface area contributed by atoms with E-state index in [1.807, 2.05) is 31.2 Å². The molecule has 0 bridgehead atoms. The van der Waals surface area contributed by atoms with E-state index >= 15 is 0 Å². The minimum atomic E-state index is -0.218.